The molecule has 25 heavy (non-hydrogen) atoms. The predicted octanol–water partition coefficient (Wildman–Crippen LogP) is 1.17. The highest BCUT2D eigenvalue weighted by Crippen LogP contribution is 2.41. The maximum Gasteiger partial charge on any atom is 0.353 e. The van der Waals surface area contributed by atoms with Gasteiger partial charge in [0.2, 0.25) is 5.91 Å². The zero-order valence-corrected chi connectivity index (χ0v) is 14.8. The van der Waals surface area contributed by atoms with Crippen LogP contribution in [0.15, 0.2) is 35.0 Å². The van der Waals surface area contributed by atoms with E-state index in [2.05, 4.69) is 5.32 Å². The van der Waals surface area contributed by atoms with Crippen LogP contribution in [0.4, 0.5) is 0 Å². The Hall–Kier alpha value is -2.19. The molecule has 0 aromatic heterocycles. The third-order valence-corrected chi connectivity index (χ3v) is 5.74. The number of hydrogen-bond acceptors (Lipinski definition) is 5. The van der Waals surface area contributed by atoms with Gasteiger partial charge in [0, 0.05) is 11.3 Å². The SMILES string of the molecule is COc1ccccc1CC(=O)N[C@@H]1C(=O)N2C(C(=O)O)=C(Cl)CS[C@H]12. The van der Waals surface area contributed by atoms with Gasteiger partial charge in [0.05, 0.1) is 18.6 Å². The first-order valence-electron chi connectivity index (χ1n) is 7.42. The number of para-hydroxylation sites is 1. The normalized spacial score (nSPS) is 22.2. The maximum absolute atomic E-state index is 12.3. The summed E-state index contributed by atoms with van der Waals surface area (Å²) in [6, 6.07) is 6.36. The zero-order valence-electron chi connectivity index (χ0n) is 13.2. The van der Waals surface area contributed by atoms with E-state index in [1.165, 1.54) is 18.9 Å². The number of carboxylic acid groups (broad SMARTS) is 1. The number of carbonyl (C=O) groups is 3. The van der Waals surface area contributed by atoms with Gasteiger partial charge in [-0.25, -0.2) is 4.79 Å². The molecule has 0 radical (unpaired) electrons. The molecule has 1 aromatic carbocycles. The van der Waals surface area contributed by atoms with Gasteiger partial charge in [0.25, 0.3) is 5.91 Å². The molecule has 2 N–H and O–H groups in total. The first kappa shape index (κ1) is 17.6. The van der Waals surface area contributed by atoms with Crippen LogP contribution in [0.2, 0.25) is 0 Å². The van der Waals surface area contributed by atoms with Crippen LogP contribution in [0.5, 0.6) is 5.75 Å². The third kappa shape index (κ3) is 3.19. The Kier molecular flexibility index (Phi) is 4.91. The highest BCUT2D eigenvalue weighted by molar-refractivity contribution is 8.00. The van der Waals surface area contributed by atoms with Crippen molar-refractivity contribution in [3.63, 3.8) is 0 Å². The number of nitrogens with one attached hydrogen (secondary N) is 1. The Morgan fingerprint density at radius 3 is 2.84 bits per heavy atom. The van der Waals surface area contributed by atoms with Gasteiger partial charge in [-0.3, -0.25) is 14.5 Å². The number of amides is 2. The lowest BCUT2D eigenvalue weighted by atomic mass is 10.0. The van der Waals surface area contributed by atoms with Crippen molar-refractivity contribution in [1.82, 2.24) is 10.2 Å². The molecule has 1 saturated heterocycles. The summed E-state index contributed by atoms with van der Waals surface area (Å²) in [5.41, 5.74) is 0.502. The first-order chi connectivity index (χ1) is 11.9. The van der Waals surface area contributed by atoms with Gasteiger partial charge in [0.1, 0.15) is 22.9 Å². The maximum atomic E-state index is 12.3. The van der Waals surface area contributed by atoms with Crippen molar-refractivity contribution >= 4 is 41.1 Å². The number of carboxylic acids is 1. The molecule has 7 nitrogen and oxygen atoms in total. The van der Waals surface area contributed by atoms with Crippen molar-refractivity contribution in [2.75, 3.05) is 12.9 Å². The van der Waals surface area contributed by atoms with Crippen molar-refractivity contribution in [3.8, 4) is 5.75 Å². The molecule has 9 heteroatoms. The van der Waals surface area contributed by atoms with Crippen molar-refractivity contribution < 1.29 is 24.2 Å². The number of nitrogens with zero attached hydrogens (tertiary/aromatic N) is 1. The number of rotatable bonds is 5. The molecular weight excluding hydrogens is 368 g/mol. The quantitative estimate of drug-likeness (QED) is 0.742. The highest BCUT2D eigenvalue weighted by Gasteiger charge is 2.54. The minimum Gasteiger partial charge on any atom is -0.496 e. The number of ether oxygens (including phenoxy) is 1. The summed E-state index contributed by atoms with van der Waals surface area (Å²) in [6.45, 7) is 0. The lowest BCUT2D eigenvalue weighted by Gasteiger charge is -2.48. The van der Waals surface area contributed by atoms with Gasteiger partial charge in [0.15, 0.2) is 0 Å². The number of thioether (sulfide) groups is 1. The Bertz CT molecular complexity index is 782. The van der Waals surface area contributed by atoms with E-state index >= 15 is 0 Å². The first-order valence-corrected chi connectivity index (χ1v) is 8.84. The average Bonchev–Trinajstić information content (AvgIpc) is 2.59. The molecule has 0 bridgehead atoms. The monoisotopic (exact) mass is 382 g/mol. The van der Waals surface area contributed by atoms with E-state index in [1.807, 2.05) is 0 Å². The van der Waals surface area contributed by atoms with E-state index in [0.717, 1.165) is 4.90 Å². The molecule has 0 aliphatic carbocycles. The fraction of sp³-hybridized carbons (Fsp3) is 0.312. The van der Waals surface area contributed by atoms with E-state index in [1.54, 1.807) is 24.3 Å². The van der Waals surface area contributed by atoms with Crippen LogP contribution in [0, 0.1) is 0 Å². The summed E-state index contributed by atoms with van der Waals surface area (Å²) in [4.78, 5) is 37.0. The number of benzene rings is 1. The Labute approximate surface area is 153 Å². The van der Waals surface area contributed by atoms with Crippen LogP contribution in [-0.2, 0) is 20.8 Å². The predicted molar refractivity (Wildman–Crippen MR) is 92.2 cm³/mol. The van der Waals surface area contributed by atoms with E-state index in [9.17, 15) is 19.5 Å². The van der Waals surface area contributed by atoms with Crippen molar-refractivity contribution in [1.29, 1.82) is 0 Å². The van der Waals surface area contributed by atoms with Crippen LogP contribution in [0.25, 0.3) is 0 Å². The zero-order chi connectivity index (χ0) is 18.1. The van der Waals surface area contributed by atoms with Crippen molar-refractivity contribution in [3.05, 3.63) is 40.6 Å². The topological polar surface area (TPSA) is 95.9 Å². The summed E-state index contributed by atoms with van der Waals surface area (Å²) < 4.78 is 5.21. The summed E-state index contributed by atoms with van der Waals surface area (Å²) in [5.74, 6) is -1.17. The highest BCUT2D eigenvalue weighted by atomic mass is 35.5. The minimum atomic E-state index is -1.25. The van der Waals surface area contributed by atoms with Crippen LogP contribution in [-0.4, -0.2) is 52.1 Å². The van der Waals surface area contributed by atoms with Crippen molar-refractivity contribution in [2.45, 2.75) is 17.8 Å². The van der Waals surface area contributed by atoms with Gasteiger partial charge in [-0.15, -0.1) is 11.8 Å². The molecule has 0 saturated carbocycles. The molecule has 0 unspecified atom stereocenters. The Balaban J connectivity index is 1.68. The largest absolute Gasteiger partial charge is 0.496 e. The molecule has 2 heterocycles. The van der Waals surface area contributed by atoms with E-state index in [-0.39, 0.29) is 28.8 Å². The summed E-state index contributed by atoms with van der Waals surface area (Å²) in [5, 5.41) is 11.6. The number of carbonyl (C=O) groups excluding carboxylic acids is 2. The second-order valence-electron chi connectivity index (χ2n) is 5.50. The number of β-lactam (4-membered cyclic amide) rings is 1. The molecule has 1 aromatic rings. The van der Waals surface area contributed by atoms with E-state index in [4.69, 9.17) is 16.3 Å². The van der Waals surface area contributed by atoms with Crippen molar-refractivity contribution in [2.24, 2.45) is 0 Å². The van der Waals surface area contributed by atoms with E-state index < -0.39 is 23.3 Å². The fourth-order valence-electron chi connectivity index (χ4n) is 2.83. The summed E-state index contributed by atoms with van der Waals surface area (Å²) in [7, 11) is 1.52. The van der Waals surface area contributed by atoms with Crippen LogP contribution >= 0.6 is 23.4 Å². The molecule has 1 fully saturated rings. The van der Waals surface area contributed by atoms with Crippen LogP contribution in [0.3, 0.4) is 0 Å². The number of fused-ring (bicyclic) bond motifs is 1. The van der Waals surface area contributed by atoms with Gasteiger partial charge in [-0.05, 0) is 6.07 Å². The van der Waals surface area contributed by atoms with Crippen LogP contribution in [0.1, 0.15) is 5.56 Å². The average molecular weight is 383 g/mol. The smallest absolute Gasteiger partial charge is 0.353 e. The van der Waals surface area contributed by atoms with Crippen LogP contribution < -0.4 is 10.1 Å². The Morgan fingerprint density at radius 2 is 2.16 bits per heavy atom. The number of aliphatic carboxylic acids is 1. The molecule has 132 valence electrons. The summed E-state index contributed by atoms with van der Waals surface area (Å²) >= 11 is 7.24. The van der Waals surface area contributed by atoms with Gasteiger partial charge in [-0.1, -0.05) is 29.8 Å². The lowest BCUT2D eigenvalue weighted by Crippen LogP contribution is -2.70. The fourth-order valence-corrected chi connectivity index (χ4v) is 4.38. The molecule has 2 aliphatic heterocycles. The second-order valence-corrected chi connectivity index (χ2v) is 7.06. The second kappa shape index (κ2) is 6.97. The Morgan fingerprint density at radius 1 is 1.44 bits per heavy atom. The summed E-state index contributed by atoms with van der Waals surface area (Å²) in [6.07, 6.45) is 0.0631. The molecule has 0 spiro atoms. The molecule has 2 aliphatic rings. The molecular formula is C16H15ClN2O5S. The minimum absolute atomic E-state index is 0.0631. The van der Waals surface area contributed by atoms with Gasteiger partial charge >= 0.3 is 5.97 Å². The van der Waals surface area contributed by atoms with Gasteiger partial charge in [-0.2, -0.15) is 0 Å². The number of methoxy groups -OCH3 is 1. The third-order valence-electron chi connectivity index (χ3n) is 3.98. The standard InChI is InChI=1S/C16H15ClN2O5S/c1-24-10-5-3-2-4-8(10)6-11(20)18-12-14(21)19-13(16(22)23)9(17)7-25-15(12)19/h2-5,12,15H,6-7H2,1H3,(H,18,20)(H,22,23)/t12-,15-/m1/s1. The number of halogens is 1. The van der Waals surface area contributed by atoms with E-state index in [0.29, 0.717) is 11.3 Å². The lowest BCUT2D eigenvalue weighted by molar-refractivity contribution is -0.150. The molecule has 3 rings (SSSR count). The number of hydrogen-bond donors (Lipinski definition) is 2. The molecule has 2 amide bonds. The molecule has 2 atom stereocenters. The van der Waals surface area contributed by atoms with Gasteiger partial charge < -0.3 is 15.2 Å².